The van der Waals surface area contributed by atoms with Crippen molar-refractivity contribution in [2.24, 2.45) is 11.1 Å². The van der Waals surface area contributed by atoms with E-state index >= 15 is 0 Å². The number of hydrogen-bond donors (Lipinski definition) is 1. The highest BCUT2D eigenvalue weighted by Gasteiger charge is 2.48. The predicted molar refractivity (Wildman–Crippen MR) is 74.6 cm³/mol. The molecule has 1 aliphatic carbocycles. The number of rotatable bonds is 4. The van der Waals surface area contributed by atoms with E-state index in [1.165, 1.54) is 12.1 Å². The fourth-order valence-corrected chi connectivity index (χ4v) is 3.28. The molecule has 116 valence electrons. The van der Waals surface area contributed by atoms with Gasteiger partial charge >= 0.3 is 6.18 Å². The third-order valence-corrected chi connectivity index (χ3v) is 4.53. The van der Waals surface area contributed by atoms with E-state index in [9.17, 15) is 18.0 Å². The third kappa shape index (κ3) is 3.57. The molecule has 1 aliphatic rings. The summed E-state index contributed by atoms with van der Waals surface area (Å²) in [7, 11) is 0. The van der Waals surface area contributed by atoms with Crippen molar-refractivity contribution in [3.63, 3.8) is 0 Å². The number of benzene rings is 1. The van der Waals surface area contributed by atoms with Crippen molar-refractivity contribution in [1.29, 1.82) is 0 Å². The SMILES string of the molecule is NC(=O)C1(CC(c2ccccc2)C(F)(F)F)CCCCC1. The highest BCUT2D eigenvalue weighted by Crippen LogP contribution is 2.48. The van der Waals surface area contributed by atoms with Gasteiger partial charge in [0.05, 0.1) is 5.92 Å². The molecule has 1 fully saturated rings. The van der Waals surface area contributed by atoms with E-state index in [2.05, 4.69) is 0 Å². The second-order valence-electron chi connectivity index (χ2n) is 5.91. The molecule has 0 aliphatic heterocycles. The van der Waals surface area contributed by atoms with E-state index in [4.69, 9.17) is 5.73 Å². The number of carbonyl (C=O) groups is 1. The maximum Gasteiger partial charge on any atom is 0.395 e. The standard InChI is InChI=1S/C16H20F3NO/c17-16(18,19)13(12-7-3-1-4-8-12)11-15(14(20)21)9-5-2-6-10-15/h1,3-4,7-8,13H,2,5-6,9-11H2,(H2,20,21). The van der Waals surface area contributed by atoms with Crippen LogP contribution in [0.5, 0.6) is 0 Å². The molecule has 5 heteroatoms. The molecule has 2 nitrogen and oxygen atoms in total. The Morgan fingerprint density at radius 3 is 2.19 bits per heavy atom. The zero-order valence-corrected chi connectivity index (χ0v) is 11.8. The number of alkyl halides is 3. The molecule has 0 saturated heterocycles. The van der Waals surface area contributed by atoms with Gasteiger partial charge in [0.25, 0.3) is 0 Å². The van der Waals surface area contributed by atoms with Crippen molar-refractivity contribution in [2.45, 2.75) is 50.6 Å². The van der Waals surface area contributed by atoms with Crippen molar-refractivity contribution in [2.75, 3.05) is 0 Å². The number of nitrogens with two attached hydrogens (primary N) is 1. The van der Waals surface area contributed by atoms with Crippen LogP contribution >= 0.6 is 0 Å². The first kappa shape index (κ1) is 15.9. The Morgan fingerprint density at radius 2 is 1.71 bits per heavy atom. The topological polar surface area (TPSA) is 43.1 Å². The van der Waals surface area contributed by atoms with Crippen molar-refractivity contribution in [3.8, 4) is 0 Å². The smallest absolute Gasteiger partial charge is 0.369 e. The monoisotopic (exact) mass is 299 g/mol. The third-order valence-electron chi connectivity index (χ3n) is 4.53. The molecule has 0 bridgehead atoms. The average molecular weight is 299 g/mol. The molecular weight excluding hydrogens is 279 g/mol. The number of primary amides is 1. The van der Waals surface area contributed by atoms with Crippen molar-refractivity contribution < 1.29 is 18.0 Å². The van der Waals surface area contributed by atoms with E-state index in [1.807, 2.05) is 0 Å². The van der Waals surface area contributed by atoms with Gasteiger partial charge in [-0.15, -0.1) is 0 Å². The second kappa shape index (κ2) is 6.08. The lowest BCUT2D eigenvalue weighted by atomic mass is 9.67. The molecule has 2 rings (SSSR count). The molecule has 2 N–H and O–H groups in total. The van der Waals surface area contributed by atoms with Crippen LogP contribution in [-0.4, -0.2) is 12.1 Å². The van der Waals surface area contributed by atoms with Gasteiger partial charge in [0, 0.05) is 5.41 Å². The van der Waals surface area contributed by atoms with Crippen molar-refractivity contribution in [3.05, 3.63) is 35.9 Å². The fraction of sp³-hybridized carbons (Fsp3) is 0.562. The first-order chi connectivity index (χ1) is 9.85. The minimum Gasteiger partial charge on any atom is -0.369 e. The van der Waals surface area contributed by atoms with Crippen LogP contribution in [0, 0.1) is 5.41 Å². The van der Waals surface area contributed by atoms with Gasteiger partial charge in [0.15, 0.2) is 0 Å². The summed E-state index contributed by atoms with van der Waals surface area (Å²) >= 11 is 0. The number of carbonyl (C=O) groups excluding carboxylic acids is 1. The van der Waals surface area contributed by atoms with Crippen LogP contribution in [0.2, 0.25) is 0 Å². The molecule has 0 heterocycles. The van der Waals surface area contributed by atoms with Crippen LogP contribution in [-0.2, 0) is 4.79 Å². The summed E-state index contributed by atoms with van der Waals surface area (Å²) in [4.78, 5) is 11.8. The molecule has 1 amide bonds. The lowest BCUT2D eigenvalue weighted by Crippen LogP contribution is -2.42. The average Bonchev–Trinajstić information content (AvgIpc) is 2.45. The minimum absolute atomic E-state index is 0.205. The van der Waals surface area contributed by atoms with Crippen molar-refractivity contribution >= 4 is 5.91 Å². The van der Waals surface area contributed by atoms with E-state index in [1.54, 1.807) is 18.2 Å². The van der Waals surface area contributed by atoms with Gasteiger partial charge in [-0.1, -0.05) is 49.6 Å². The second-order valence-corrected chi connectivity index (χ2v) is 5.91. The van der Waals surface area contributed by atoms with Crippen LogP contribution in [0.25, 0.3) is 0 Å². The molecule has 0 aromatic heterocycles. The summed E-state index contributed by atoms with van der Waals surface area (Å²) in [5.74, 6) is -2.23. The van der Waals surface area contributed by atoms with Gasteiger partial charge in [-0.2, -0.15) is 13.2 Å². The Kier molecular flexibility index (Phi) is 4.59. The molecule has 1 aromatic rings. The van der Waals surface area contributed by atoms with Crippen LogP contribution < -0.4 is 5.73 Å². The normalized spacial score (nSPS) is 20.0. The summed E-state index contributed by atoms with van der Waals surface area (Å²) in [5.41, 5.74) is 4.65. The fourth-order valence-electron chi connectivity index (χ4n) is 3.28. The van der Waals surface area contributed by atoms with Crippen LogP contribution in [0.1, 0.15) is 50.0 Å². The van der Waals surface area contributed by atoms with Crippen LogP contribution in [0.4, 0.5) is 13.2 Å². The number of hydrogen-bond acceptors (Lipinski definition) is 1. The largest absolute Gasteiger partial charge is 0.395 e. The zero-order chi connectivity index (χ0) is 15.5. The zero-order valence-electron chi connectivity index (χ0n) is 11.8. The lowest BCUT2D eigenvalue weighted by molar-refractivity contribution is -0.162. The van der Waals surface area contributed by atoms with Gasteiger partial charge < -0.3 is 5.73 Å². The molecular formula is C16H20F3NO. The van der Waals surface area contributed by atoms with Crippen molar-refractivity contribution in [1.82, 2.24) is 0 Å². The molecule has 1 atom stereocenters. The number of halogens is 3. The number of amides is 1. The lowest BCUT2D eigenvalue weighted by Gasteiger charge is -2.37. The summed E-state index contributed by atoms with van der Waals surface area (Å²) in [5, 5.41) is 0. The molecule has 0 spiro atoms. The maximum absolute atomic E-state index is 13.4. The van der Waals surface area contributed by atoms with Gasteiger partial charge in [-0.3, -0.25) is 4.79 Å². The molecule has 1 unspecified atom stereocenters. The Bertz CT molecular complexity index is 478. The summed E-state index contributed by atoms with van der Waals surface area (Å²) in [6.45, 7) is 0. The van der Waals surface area contributed by atoms with E-state index in [0.717, 1.165) is 19.3 Å². The first-order valence-electron chi connectivity index (χ1n) is 7.27. The van der Waals surface area contributed by atoms with Gasteiger partial charge in [-0.25, -0.2) is 0 Å². The summed E-state index contributed by atoms with van der Waals surface area (Å²) in [6, 6.07) is 7.80. The Hall–Kier alpha value is -1.52. The first-order valence-corrected chi connectivity index (χ1v) is 7.27. The van der Waals surface area contributed by atoms with Crippen LogP contribution in [0.3, 0.4) is 0 Å². The Morgan fingerprint density at radius 1 is 1.14 bits per heavy atom. The molecule has 0 radical (unpaired) electrons. The van der Waals surface area contributed by atoms with E-state index in [-0.39, 0.29) is 12.0 Å². The van der Waals surface area contributed by atoms with Gasteiger partial charge in [0.1, 0.15) is 0 Å². The summed E-state index contributed by atoms with van der Waals surface area (Å²) in [6.07, 6.45) is -1.21. The molecule has 1 aromatic carbocycles. The highest BCUT2D eigenvalue weighted by atomic mass is 19.4. The van der Waals surface area contributed by atoms with E-state index < -0.39 is 23.4 Å². The molecule has 1 saturated carbocycles. The van der Waals surface area contributed by atoms with Gasteiger partial charge in [-0.05, 0) is 24.8 Å². The molecule has 21 heavy (non-hydrogen) atoms. The van der Waals surface area contributed by atoms with E-state index in [0.29, 0.717) is 12.8 Å². The maximum atomic E-state index is 13.4. The predicted octanol–water partition coefficient (Wildman–Crippen LogP) is 4.16. The van der Waals surface area contributed by atoms with Crippen LogP contribution in [0.15, 0.2) is 30.3 Å². The van der Waals surface area contributed by atoms with Gasteiger partial charge in [0.2, 0.25) is 5.91 Å². The Balaban J connectivity index is 2.32. The quantitative estimate of drug-likeness (QED) is 0.891. The minimum atomic E-state index is -4.37. The summed E-state index contributed by atoms with van der Waals surface area (Å²) < 4.78 is 40.3. The highest BCUT2D eigenvalue weighted by molar-refractivity contribution is 5.81. The Labute approximate surface area is 122 Å².